The summed E-state index contributed by atoms with van der Waals surface area (Å²) >= 11 is 1.18. The van der Waals surface area contributed by atoms with Crippen molar-refractivity contribution in [3.63, 3.8) is 0 Å². The summed E-state index contributed by atoms with van der Waals surface area (Å²) in [7, 11) is 0. The van der Waals surface area contributed by atoms with Gasteiger partial charge in [0.1, 0.15) is 0 Å². The number of hydrogen-bond acceptors (Lipinski definition) is 5. The molecule has 0 aromatic carbocycles. The molecule has 4 nitrogen and oxygen atoms in total. The molecule has 0 heterocycles. The number of thioether (sulfide) groups is 1. The number of carbonyl (C=O) groups excluding carboxylic acids is 2. The number of carbonyl (C=O) groups is 2. The molecular formula is C11H20O4S. The lowest BCUT2D eigenvalue weighted by Gasteiger charge is -2.17. The Bertz CT molecular complexity index is 228. The SMILES string of the molecule is CCOC(=O)CC[C@H](C(=O)SCC)[C@@H](C)O. The number of rotatable bonds is 7. The molecule has 0 aromatic heterocycles. The molecule has 0 radical (unpaired) electrons. The quantitative estimate of drug-likeness (QED) is 0.693. The van der Waals surface area contributed by atoms with Crippen LogP contribution < -0.4 is 0 Å². The molecule has 5 heteroatoms. The summed E-state index contributed by atoms with van der Waals surface area (Å²) < 4.78 is 4.77. The average molecular weight is 248 g/mol. The van der Waals surface area contributed by atoms with Gasteiger partial charge in [0.2, 0.25) is 0 Å². The van der Waals surface area contributed by atoms with Crippen LogP contribution >= 0.6 is 11.8 Å². The predicted octanol–water partition coefficient (Wildman–Crippen LogP) is 1.61. The van der Waals surface area contributed by atoms with E-state index in [2.05, 4.69) is 0 Å². The lowest BCUT2D eigenvalue weighted by atomic mass is 9.99. The highest BCUT2D eigenvalue weighted by atomic mass is 32.2. The third kappa shape index (κ3) is 6.12. The average Bonchev–Trinajstić information content (AvgIpc) is 2.18. The van der Waals surface area contributed by atoms with Gasteiger partial charge in [0.15, 0.2) is 5.12 Å². The van der Waals surface area contributed by atoms with Crippen molar-refractivity contribution in [2.24, 2.45) is 5.92 Å². The molecule has 0 unspecified atom stereocenters. The van der Waals surface area contributed by atoms with E-state index in [0.717, 1.165) is 0 Å². The van der Waals surface area contributed by atoms with Crippen molar-refractivity contribution in [3.8, 4) is 0 Å². The van der Waals surface area contributed by atoms with Crippen LogP contribution in [0.4, 0.5) is 0 Å². The second-order valence-corrected chi connectivity index (χ2v) is 4.71. The highest BCUT2D eigenvalue weighted by molar-refractivity contribution is 8.13. The molecule has 0 fully saturated rings. The van der Waals surface area contributed by atoms with E-state index in [4.69, 9.17) is 4.74 Å². The lowest BCUT2D eigenvalue weighted by Crippen LogP contribution is -2.25. The molecule has 0 saturated carbocycles. The van der Waals surface area contributed by atoms with Crippen molar-refractivity contribution in [2.75, 3.05) is 12.4 Å². The molecular weight excluding hydrogens is 228 g/mol. The van der Waals surface area contributed by atoms with Gasteiger partial charge in [-0.3, -0.25) is 9.59 Å². The van der Waals surface area contributed by atoms with E-state index in [-0.39, 0.29) is 17.5 Å². The van der Waals surface area contributed by atoms with Gasteiger partial charge in [0.05, 0.1) is 18.6 Å². The minimum atomic E-state index is -0.721. The van der Waals surface area contributed by atoms with Gasteiger partial charge in [0, 0.05) is 6.42 Å². The summed E-state index contributed by atoms with van der Waals surface area (Å²) in [5, 5.41) is 9.41. The molecule has 0 saturated heterocycles. The Labute approximate surface area is 101 Å². The van der Waals surface area contributed by atoms with Crippen LogP contribution in [0.3, 0.4) is 0 Å². The Balaban J connectivity index is 4.13. The van der Waals surface area contributed by atoms with E-state index >= 15 is 0 Å². The van der Waals surface area contributed by atoms with Crippen LogP contribution in [0.25, 0.3) is 0 Å². The van der Waals surface area contributed by atoms with E-state index < -0.39 is 12.0 Å². The molecule has 1 N–H and O–H groups in total. The number of aliphatic hydroxyl groups is 1. The Morgan fingerprint density at radius 1 is 1.38 bits per heavy atom. The zero-order valence-corrected chi connectivity index (χ0v) is 10.9. The van der Waals surface area contributed by atoms with Crippen molar-refractivity contribution >= 4 is 22.8 Å². The molecule has 0 bridgehead atoms. The minimum Gasteiger partial charge on any atom is -0.466 e. The van der Waals surface area contributed by atoms with Crippen molar-refractivity contribution in [2.45, 2.75) is 39.7 Å². The van der Waals surface area contributed by atoms with Crippen LogP contribution in [0.2, 0.25) is 0 Å². The number of esters is 1. The molecule has 0 aliphatic carbocycles. The summed E-state index contributed by atoms with van der Waals surface area (Å²) in [6.45, 7) is 5.54. The number of hydrogen-bond donors (Lipinski definition) is 1. The second-order valence-electron chi connectivity index (χ2n) is 3.44. The van der Waals surface area contributed by atoms with Crippen LogP contribution in [-0.4, -0.2) is 34.7 Å². The summed E-state index contributed by atoms with van der Waals surface area (Å²) in [6.07, 6.45) is -0.192. The van der Waals surface area contributed by atoms with Gasteiger partial charge in [0.25, 0.3) is 0 Å². The van der Waals surface area contributed by atoms with Gasteiger partial charge >= 0.3 is 5.97 Å². The standard InChI is InChI=1S/C11H20O4S/c1-4-15-10(13)7-6-9(8(3)12)11(14)16-5-2/h8-9,12H,4-7H2,1-3H3/t8-,9+/m1/s1. The zero-order chi connectivity index (χ0) is 12.6. The topological polar surface area (TPSA) is 63.6 Å². The van der Waals surface area contributed by atoms with Crippen LogP contribution in [0.1, 0.15) is 33.6 Å². The van der Waals surface area contributed by atoms with E-state index in [0.29, 0.717) is 18.8 Å². The number of ether oxygens (including phenoxy) is 1. The second kappa shape index (κ2) is 8.58. The smallest absolute Gasteiger partial charge is 0.305 e. The molecule has 16 heavy (non-hydrogen) atoms. The van der Waals surface area contributed by atoms with E-state index in [1.807, 2.05) is 6.92 Å². The van der Waals surface area contributed by atoms with Gasteiger partial charge < -0.3 is 9.84 Å². The Hall–Kier alpha value is -0.550. The van der Waals surface area contributed by atoms with E-state index in [9.17, 15) is 14.7 Å². The normalized spacial score (nSPS) is 14.2. The lowest BCUT2D eigenvalue weighted by molar-refractivity contribution is -0.143. The first-order chi connectivity index (χ1) is 7.52. The summed E-state index contributed by atoms with van der Waals surface area (Å²) in [6, 6.07) is 0. The van der Waals surface area contributed by atoms with Crippen molar-refractivity contribution in [1.29, 1.82) is 0 Å². The highest BCUT2D eigenvalue weighted by Gasteiger charge is 2.24. The monoisotopic (exact) mass is 248 g/mol. The molecule has 0 aromatic rings. The third-order valence-corrected chi connectivity index (χ3v) is 3.01. The molecule has 0 spiro atoms. The molecule has 0 aliphatic heterocycles. The molecule has 94 valence electrons. The van der Waals surface area contributed by atoms with Gasteiger partial charge in [-0.15, -0.1) is 0 Å². The Morgan fingerprint density at radius 2 is 2.00 bits per heavy atom. The maximum atomic E-state index is 11.6. The van der Waals surface area contributed by atoms with Crippen molar-refractivity contribution in [3.05, 3.63) is 0 Å². The van der Waals surface area contributed by atoms with Crippen LogP contribution in [-0.2, 0) is 14.3 Å². The maximum Gasteiger partial charge on any atom is 0.305 e. The molecule has 2 atom stereocenters. The first-order valence-corrected chi connectivity index (χ1v) is 6.51. The van der Waals surface area contributed by atoms with Gasteiger partial charge in [-0.25, -0.2) is 0 Å². The van der Waals surface area contributed by atoms with Gasteiger partial charge in [-0.1, -0.05) is 18.7 Å². The Morgan fingerprint density at radius 3 is 2.44 bits per heavy atom. The minimum absolute atomic E-state index is 0.0539. The largest absolute Gasteiger partial charge is 0.466 e. The fourth-order valence-electron chi connectivity index (χ4n) is 1.31. The van der Waals surface area contributed by atoms with Crippen molar-refractivity contribution in [1.82, 2.24) is 0 Å². The van der Waals surface area contributed by atoms with Crippen LogP contribution in [0.5, 0.6) is 0 Å². The number of aliphatic hydroxyl groups excluding tert-OH is 1. The van der Waals surface area contributed by atoms with Gasteiger partial charge in [-0.2, -0.15) is 0 Å². The first kappa shape index (κ1) is 15.4. The van der Waals surface area contributed by atoms with E-state index in [1.165, 1.54) is 11.8 Å². The summed E-state index contributed by atoms with van der Waals surface area (Å²) in [5.74, 6) is -0.113. The first-order valence-electron chi connectivity index (χ1n) is 5.53. The Kier molecular flexibility index (Phi) is 8.29. The molecule has 0 rings (SSSR count). The van der Waals surface area contributed by atoms with Gasteiger partial charge in [-0.05, 0) is 26.0 Å². The fourth-order valence-corrected chi connectivity index (χ4v) is 2.13. The van der Waals surface area contributed by atoms with Crippen LogP contribution in [0, 0.1) is 5.92 Å². The summed E-state index contributed by atoms with van der Waals surface area (Å²) in [5.41, 5.74) is 0. The zero-order valence-electron chi connectivity index (χ0n) is 10.1. The fraction of sp³-hybridized carbons (Fsp3) is 0.818. The molecule has 0 aliphatic rings. The van der Waals surface area contributed by atoms with Crippen molar-refractivity contribution < 1.29 is 19.4 Å². The molecule has 0 amide bonds. The summed E-state index contributed by atoms with van der Waals surface area (Å²) in [4.78, 5) is 22.7. The van der Waals surface area contributed by atoms with Crippen LogP contribution in [0.15, 0.2) is 0 Å². The third-order valence-electron chi connectivity index (χ3n) is 2.14. The van der Waals surface area contributed by atoms with E-state index in [1.54, 1.807) is 13.8 Å². The highest BCUT2D eigenvalue weighted by Crippen LogP contribution is 2.20. The maximum absolute atomic E-state index is 11.6. The predicted molar refractivity (Wildman–Crippen MR) is 64.2 cm³/mol.